The molecule has 0 amide bonds. The Kier molecular flexibility index (Phi) is 6.61. The topological polar surface area (TPSA) is 43.7 Å². The van der Waals surface area contributed by atoms with Gasteiger partial charge in [0.15, 0.2) is 0 Å². The first kappa shape index (κ1) is 16.4. The van der Waals surface area contributed by atoms with Crippen LogP contribution in [0.5, 0.6) is 0 Å². The van der Waals surface area contributed by atoms with Crippen LogP contribution in [0.4, 0.5) is 4.39 Å². The molecule has 1 atom stereocenters. The zero-order valence-corrected chi connectivity index (χ0v) is 12.5. The molecule has 1 unspecified atom stereocenters. The maximum atomic E-state index is 12.9. The Labute approximate surface area is 126 Å². The first-order valence-electron chi connectivity index (χ1n) is 7.99. The molecule has 0 aromatic heterocycles. The van der Waals surface area contributed by atoms with Crippen LogP contribution in [-0.4, -0.2) is 40.9 Å². The molecule has 0 bridgehead atoms. The van der Waals surface area contributed by atoms with Crippen molar-refractivity contribution in [3.8, 4) is 0 Å². The van der Waals surface area contributed by atoms with Crippen LogP contribution in [0.3, 0.4) is 0 Å². The van der Waals surface area contributed by atoms with E-state index in [0.717, 1.165) is 12.1 Å². The second-order valence-corrected chi connectivity index (χ2v) is 5.91. The smallest absolute Gasteiger partial charge is 0.123 e. The van der Waals surface area contributed by atoms with Gasteiger partial charge >= 0.3 is 0 Å². The van der Waals surface area contributed by atoms with Gasteiger partial charge in [-0.2, -0.15) is 0 Å². The van der Waals surface area contributed by atoms with Gasteiger partial charge < -0.3 is 10.2 Å². The SMILES string of the molecule is OCCN(CCC(O)c1ccc(F)cc1)C1CCCCC1. The number of aliphatic hydroxyl groups is 2. The van der Waals surface area contributed by atoms with E-state index < -0.39 is 6.10 Å². The van der Waals surface area contributed by atoms with Crippen LogP contribution in [0.15, 0.2) is 24.3 Å². The van der Waals surface area contributed by atoms with Crippen molar-refractivity contribution in [2.24, 2.45) is 0 Å². The highest BCUT2D eigenvalue weighted by molar-refractivity contribution is 5.18. The molecular weight excluding hydrogens is 269 g/mol. The van der Waals surface area contributed by atoms with Crippen molar-refractivity contribution in [2.75, 3.05) is 19.7 Å². The zero-order valence-electron chi connectivity index (χ0n) is 12.5. The molecule has 0 spiro atoms. The summed E-state index contributed by atoms with van der Waals surface area (Å²) in [5.41, 5.74) is 0.754. The van der Waals surface area contributed by atoms with Gasteiger partial charge in [0.2, 0.25) is 0 Å². The molecule has 3 nitrogen and oxygen atoms in total. The van der Waals surface area contributed by atoms with E-state index in [1.807, 2.05) is 0 Å². The molecule has 2 rings (SSSR count). The number of aliphatic hydroxyl groups excluding tert-OH is 2. The second-order valence-electron chi connectivity index (χ2n) is 5.91. The largest absolute Gasteiger partial charge is 0.395 e. The molecule has 1 saturated carbocycles. The molecular formula is C17H26FNO2. The molecule has 2 N–H and O–H groups in total. The summed E-state index contributed by atoms with van der Waals surface area (Å²) in [5, 5.41) is 19.4. The van der Waals surface area contributed by atoms with Gasteiger partial charge in [-0.05, 0) is 37.0 Å². The Balaban J connectivity index is 1.86. The maximum Gasteiger partial charge on any atom is 0.123 e. The molecule has 118 valence electrons. The summed E-state index contributed by atoms with van der Waals surface area (Å²) in [7, 11) is 0. The normalized spacial score (nSPS) is 18.1. The van der Waals surface area contributed by atoms with Gasteiger partial charge in [-0.15, -0.1) is 0 Å². The number of hydrogen-bond acceptors (Lipinski definition) is 3. The highest BCUT2D eigenvalue weighted by Crippen LogP contribution is 2.24. The van der Waals surface area contributed by atoms with Crippen LogP contribution in [0.1, 0.15) is 50.2 Å². The van der Waals surface area contributed by atoms with Crippen LogP contribution >= 0.6 is 0 Å². The van der Waals surface area contributed by atoms with E-state index >= 15 is 0 Å². The molecule has 1 aromatic carbocycles. The van der Waals surface area contributed by atoms with Crippen molar-refractivity contribution in [1.29, 1.82) is 0 Å². The number of halogens is 1. The van der Waals surface area contributed by atoms with E-state index in [9.17, 15) is 14.6 Å². The summed E-state index contributed by atoms with van der Waals surface area (Å²) in [6, 6.07) is 6.57. The number of hydrogen-bond donors (Lipinski definition) is 2. The van der Waals surface area contributed by atoms with Crippen LogP contribution in [0, 0.1) is 5.82 Å². The molecule has 4 heteroatoms. The van der Waals surface area contributed by atoms with Crippen LogP contribution in [0.2, 0.25) is 0 Å². The molecule has 0 radical (unpaired) electrons. The molecule has 0 heterocycles. The van der Waals surface area contributed by atoms with Gasteiger partial charge in [0.1, 0.15) is 5.82 Å². The predicted molar refractivity (Wildman–Crippen MR) is 81.5 cm³/mol. The van der Waals surface area contributed by atoms with Crippen molar-refractivity contribution in [3.05, 3.63) is 35.6 Å². The fourth-order valence-corrected chi connectivity index (χ4v) is 3.19. The standard InChI is InChI=1S/C17H26FNO2/c18-15-8-6-14(7-9-15)17(21)10-11-19(12-13-20)16-4-2-1-3-5-16/h6-9,16-17,20-21H,1-5,10-13H2. The monoisotopic (exact) mass is 295 g/mol. The Hall–Kier alpha value is -0.970. The lowest BCUT2D eigenvalue weighted by atomic mass is 9.93. The van der Waals surface area contributed by atoms with Gasteiger partial charge in [0, 0.05) is 19.1 Å². The number of nitrogens with zero attached hydrogens (tertiary/aromatic N) is 1. The lowest BCUT2D eigenvalue weighted by Crippen LogP contribution is -2.39. The van der Waals surface area contributed by atoms with E-state index in [4.69, 9.17) is 0 Å². The van der Waals surface area contributed by atoms with Crippen LogP contribution in [0.25, 0.3) is 0 Å². The fraction of sp³-hybridized carbons (Fsp3) is 0.647. The minimum absolute atomic E-state index is 0.156. The van der Waals surface area contributed by atoms with E-state index in [1.165, 1.54) is 44.2 Å². The third kappa shape index (κ3) is 5.06. The average Bonchev–Trinajstić information content (AvgIpc) is 2.52. The Morgan fingerprint density at radius 3 is 2.38 bits per heavy atom. The third-order valence-electron chi connectivity index (χ3n) is 4.42. The predicted octanol–water partition coefficient (Wildman–Crippen LogP) is 2.88. The van der Waals surface area contributed by atoms with Gasteiger partial charge in [0.25, 0.3) is 0 Å². The first-order valence-corrected chi connectivity index (χ1v) is 7.99. The lowest BCUT2D eigenvalue weighted by molar-refractivity contribution is 0.0922. The summed E-state index contributed by atoms with van der Waals surface area (Å²) in [4.78, 5) is 2.30. The summed E-state index contributed by atoms with van der Waals surface area (Å²) < 4.78 is 12.9. The molecule has 0 aliphatic heterocycles. The molecule has 1 fully saturated rings. The molecule has 21 heavy (non-hydrogen) atoms. The first-order chi connectivity index (χ1) is 10.2. The summed E-state index contributed by atoms with van der Waals surface area (Å²) in [5.74, 6) is -0.282. The Bertz CT molecular complexity index is 404. The summed E-state index contributed by atoms with van der Waals surface area (Å²) in [6.07, 6.45) is 6.24. The van der Waals surface area contributed by atoms with E-state index in [1.54, 1.807) is 12.1 Å². The minimum atomic E-state index is -0.574. The highest BCUT2D eigenvalue weighted by atomic mass is 19.1. The van der Waals surface area contributed by atoms with Gasteiger partial charge in [-0.3, -0.25) is 4.90 Å². The Morgan fingerprint density at radius 1 is 1.10 bits per heavy atom. The number of rotatable bonds is 7. The van der Waals surface area contributed by atoms with Crippen LogP contribution < -0.4 is 0 Å². The van der Waals surface area contributed by atoms with Crippen molar-refractivity contribution < 1.29 is 14.6 Å². The van der Waals surface area contributed by atoms with Gasteiger partial charge in [-0.25, -0.2) is 4.39 Å². The van der Waals surface area contributed by atoms with Gasteiger partial charge in [0.05, 0.1) is 12.7 Å². The molecule has 0 saturated heterocycles. The summed E-state index contributed by atoms with van der Waals surface area (Å²) in [6.45, 7) is 1.59. The quantitative estimate of drug-likeness (QED) is 0.813. The Morgan fingerprint density at radius 2 is 1.76 bits per heavy atom. The third-order valence-corrected chi connectivity index (χ3v) is 4.42. The lowest BCUT2D eigenvalue weighted by Gasteiger charge is -2.34. The fourth-order valence-electron chi connectivity index (χ4n) is 3.19. The molecule has 1 aromatic rings. The molecule has 1 aliphatic rings. The van der Waals surface area contributed by atoms with Crippen molar-refractivity contribution >= 4 is 0 Å². The van der Waals surface area contributed by atoms with Crippen molar-refractivity contribution in [2.45, 2.75) is 50.7 Å². The van der Waals surface area contributed by atoms with E-state index in [2.05, 4.69) is 4.90 Å². The van der Waals surface area contributed by atoms with E-state index in [-0.39, 0.29) is 12.4 Å². The molecule has 1 aliphatic carbocycles. The highest BCUT2D eigenvalue weighted by Gasteiger charge is 2.21. The van der Waals surface area contributed by atoms with Gasteiger partial charge in [-0.1, -0.05) is 31.4 Å². The zero-order chi connectivity index (χ0) is 15.1. The average molecular weight is 295 g/mol. The van der Waals surface area contributed by atoms with Crippen molar-refractivity contribution in [1.82, 2.24) is 4.90 Å². The second kappa shape index (κ2) is 8.47. The van der Waals surface area contributed by atoms with E-state index in [0.29, 0.717) is 19.0 Å². The van der Waals surface area contributed by atoms with Crippen LogP contribution in [-0.2, 0) is 0 Å². The number of benzene rings is 1. The maximum absolute atomic E-state index is 12.9. The minimum Gasteiger partial charge on any atom is -0.395 e. The summed E-state index contributed by atoms with van der Waals surface area (Å²) >= 11 is 0. The van der Waals surface area contributed by atoms with Crippen molar-refractivity contribution in [3.63, 3.8) is 0 Å².